The molecule has 1 aromatic heterocycles. The van der Waals surface area contributed by atoms with Gasteiger partial charge in [0.25, 0.3) is 5.56 Å². The van der Waals surface area contributed by atoms with Crippen molar-refractivity contribution in [1.29, 1.82) is 0 Å². The van der Waals surface area contributed by atoms with Gasteiger partial charge in [0, 0.05) is 16.1 Å². The highest BCUT2D eigenvalue weighted by molar-refractivity contribution is 9.10. The van der Waals surface area contributed by atoms with Gasteiger partial charge in [0.1, 0.15) is 12.4 Å². The molecule has 0 bridgehead atoms. The Morgan fingerprint density at radius 2 is 2.03 bits per heavy atom. The monoisotopic (exact) mass is 570 g/mol. The van der Waals surface area contributed by atoms with Gasteiger partial charge in [0.15, 0.2) is 11.5 Å². The van der Waals surface area contributed by atoms with Crippen LogP contribution in [0.25, 0.3) is 10.9 Å². The Morgan fingerprint density at radius 1 is 1.22 bits per heavy atom. The van der Waals surface area contributed by atoms with E-state index in [0.717, 1.165) is 14.7 Å². The number of benzene rings is 3. The highest BCUT2D eigenvalue weighted by Gasteiger charge is 2.21. The van der Waals surface area contributed by atoms with Crippen molar-refractivity contribution >= 4 is 50.3 Å². The molecule has 0 amide bonds. The molecule has 10 nitrogen and oxygen atoms in total. The van der Waals surface area contributed by atoms with Crippen LogP contribution in [-0.4, -0.2) is 27.6 Å². The zero-order valence-electron chi connectivity index (χ0n) is 18.6. The number of nitro groups is 1. The van der Waals surface area contributed by atoms with Crippen LogP contribution < -0.4 is 19.8 Å². The number of aryl methyl sites for hydroxylation is 1. The normalized spacial score (nSPS) is 12.4. The summed E-state index contributed by atoms with van der Waals surface area (Å²) in [5.74, 6) is 1.47. The van der Waals surface area contributed by atoms with Crippen LogP contribution in [-0.2, 0) is 6.61 Å². The molecule has 36 heavy (non-hydrogen) atoms. The number of ether oxygens (including phenoxy) is 3. The molecule has 2 heterocycles. The van der Waals surface area contributed by atoms with Crippen molar-refractivity contribution < 1.29 is 19.1 Å². The summed E-state index contributed by atoms with van der Waals surface area (Å²) in [5, 5.41) is 16.4. The van der Waals surface area contributed by atoms with Crippen LogP contribution in [0.3, 0.4) is 0 Å². The minimum absolute atomic E-state index is 0.0241. The molecule has 12 heteroatoms. The van der Waals surface area contributed by atoms with Crippen LogP contribution in [0.1, 0.15) is 17.0 Å². The topological polar surface area (TPSA) is 118 Å². The lowest BCUT2D eigenvalue weighted by atomic mass is 10.2. The van der Waals surface area contributed by atoms with Crippen LogP contribution in [0, 0.1) is 17.0 Å². The molecule has 0 N–H and O–H groups in total. The number of halogens is 2. The van der Waals surface area contributed by atoms with E-state index in [4.69, 9.17) is 25.8 Å². The first kappa shape index (κ1) is 23.8. The molecule has 0 unspecified atom stereocenters. The number of nitrogens with zero attached hydrogens (tertiary/aromatic N) is 4. The highest BCUT2D eigenvalue weighted by Crippen LogP contribution is 2.37. The summed E-state index contributed by atoms with van der Waals surface area (Å²) in [6.45, 7) is 1.80. The molecule has 182 valence electrons. The molecule has 0 spiro atoms. The SMILES string of the molecule is Cc1nc2ccc(Br)cc2c(=O)n1N=Cc1cc(Cl)c(OCc2ccc3c(c2)OCO3)c([N+](=O)[O-])c1. The molecule has 1 aliphatic rings. The average molecular weight is 572 g/mol. The Bertz CT molecular complexity index is 1620. The maximum absolute atomic E-state index is 12.9. The first-order valence-corrected chi connectivity index (χ1v) is 11.7. The van der Waals surface area contributed by atoms with E-state index in [0.29, 0.717) is 33.8 Å². The minimum atomic E-state index is -0.593. The van der Waals surface area contributed by atoms with Gasteiger partial charge in [-0.1, -0.05) is 33.6 Å². The van der Waals surface area contributed by atoms with Gasteiger partial charge < -0.3 is 14.2 Å². The number of hydrogen-bond donors (Lipinski definition) is 0. The minimum Gasteiger partial charge on any atom is -0.481 e. The van der Waals surface area contributed by atoms with E-state index >= 15 is 0 Å². The second kappa shape index (κ2) is 9.59. The van der Waals surface area contributed by atoms with E-state index < -0.39 is 4.92 Å². The van der Waals surface area contributed by atoms with Gasteiger partial charge in [-0.05, 0) is 48.9 Å². The summed E-state index contributed by atoms with van der Waals surface area (Å²) in [7, 11) is 0. The molecule has 4 aromatic rings. The quantitative estimate of drug-likeness (QED) is 0.177. The molecule has 3 aromatic carbocycles. The van der Waals surface area contributed by atoms with Gasteiger partial charge in [-0.2, -0.15) is 9.78 Å². The Hall–Kier alpha value is -3.96. The molecule has 0 atom stereocenters. The van der Waals surface area contributed by atoms with Crippen LogP contribution in [0.2, 0.25) is 5.02 Å². The highest BCUT2D eigenvalue weighted by atomic mass is 79.9. The fourth-order valence-corrected chi connectivity index (χ4v) is 4.30. The molecule has 0 saturated carbocycles. The van der Waals surface area contributed by atoms with Crippen LogP contribution in [0.5, 0.6) is 17.2 Å². The van der Waals surface area contributed by atoms with Crippen molar-refractivity contribution in [3.63, 3.8) is 0 Å². The third-order valence-electron chi connectivity index (χ3n) is 5.36. The van der Waals surface area contributed by atoms with Gasteiger partial charge in [-0.3, -0.25) is 14.9 Å². The Morgan fingerprint density at radius 3 is 2.83 bits per heavy atom. The van der Waals surface area contributed by atoms with Crippen molar-refractivity contribution in [3.8, 4) is 17.2 Å². The molecule has 1 aliphatic heterocycles. The maximum Gasteiger partial charge on any atom is 0.313 e. The van der Waals surface area contributed by atoms with Gasteiger partial charge >= 0.3 is 5.69 Å². The number of rotatable bonds is 6. The summed E-state index contributed by atoms with van der Waals surface area (Å²) in [6.07, 6.45) is 1.31. The van der Waals surface area contributed by atoms with Gasteiger partial charge in [-0.25, -0.2) is 4.98 Å². The van der Waals surface area contributed by atoms with E-state index in [1.54, 1.807) is 43.3 Å². The number of aromatic nitrogens is 2. The van der Waals surface area contributed by atoms with Crippen LogP contribution in [0.15, 0.2) is 62.9 Å². The van der Waals surface area contributed by atoms with Gasteiger partial charge in [-0.15, -0.1) is 0 Å². The summed E-state index contributed by atoms with van der Waals surface area (Å²) in [6, 6.07) is 13.2. The third kappa shape index (κ3) is 4.62. The zero-order valence-corrected chi connectivity index (χ0v) is 20.9. The average Bonchev–Trinajstić information content (AvgIpc) is 3.31. The molecule has 0 fully saturated rings. The second-order valence-corrected chi connectivity index (χ2v) is 9.09. The molecular weight excluding hydrogens is 556 g/mol. The molecule has 0 saturated heterocycles. The van der Waals surface area contributed by atoms with E-state index in [1.807, 2.05) is 0 Å². The zero-order chi connectivity index (χ0) is 25.4. The lowest BCUT2D eigenvalue weighted by Gasteiger charge is -2.10. The lowest BCUT2D eigenvalue weighted by Crippen LogP contribution is -2.20. The maximum atomic E-state index is 12.9. The Labute approximate surface area is 217 Å². The van der Waals surface area contributed by atoms with E-state index in [2.05, 4.69) is 26.0 Å². The molecule has 5 rings (SSSR count). The summed E-state index contributed by atoms with van der Waals surface area (Å²) >= 11 is 9.70. The summed E-state index contributed by atoms with van der Waals surface area (Å²) < 4.78 is 18.2. The molecule has 0 radical (unpaired) electrons. The first-order valence-electron chi connectivity index (χ1n) is 10.5. The van der Waals surface area contributed by atoms with Gasteiger partial charge in [0.2, 0.25) is 12.5 Å². The third-order valence-corrected chi connectivity index (χ3v) is 6.13. The largest absolute Gasteiger partial charge is 0.481 e. The summed E-state index contributed by atoms with van der Waals surface area (Å²) in [4.78, 5) is 28.5. The van der Waals surface area contributed by atoms with E-state index in [1.165, 1.54) is 18.3 Å². The smallest absolute Gasteiger partial charge is 0.313 e. The summed E-state index contributed by atoms with van der Waals surface area (Å²) in [5.41, 5.74) is 0.853. The van der Waals surface area contributed by atoms with Crippen molar-refractivity contribution in [2.45, 2.75) is 13.5 Å². The van der Waals surface area contributed by atoms with Crippen molar-refractivity contribution in [2.24, 2.45) is 5.10 Å². The van der Waals surface area contributed by atoms with Crippen molar-refractivity contribution in [2.75, 3.05) is 6.79 Å². The fraction of sp³-hybridized carbons (Fsp3) is 0.125. The number of nitro benzene ring substituents is 1. The predicted molar refractivity (Wildman–Crippen MR) is 136 cm³/mol. The van der Waals surface area contributed by atoms with E-state index in [9.17, 15) is 14.9 Å². The number of hydrogen-bond acceptors (Lipinski definition) is 8. The van der Waals surface area contributed by atoms with Crippen LogP contribution in [0.4, 0.5) is 5.69 Å². The van der Waals surface area contributed by atoms with Crippen LogP contribution >= 0.6 is 27.5 Å². The lowest BCUT2D eigenvalue weighted by molar-refractivity contribution is -0.385. The van der Waals surface area contributed by atoms with Gasteiger partial charge in [0.05, 0.1) is 27.1 Å². The van der Waals surface area contributed by atoms with E-state index in [-0.39, 0.29) is 35.4 Å². The second-order valence-electron chi connectivity index (χ2n) is 7.77. The Kier molecular flexibility index (Phi) is 6.33. The van der Waals surface area contributed by atoms with Crippen molar-refractivity contribution in [3.05, 3.63) is 95.4 Å². The molecular formula is C24H16BrClN4O6. The van der Waals surface area contributed by atoms with Crippen molar-refractivity contribution in [1.82, 2.24) is 9.66 Å². The number of fused-ring (bicyclic) bond motifs is 2. The predicted octanol–water partition coefficient (Wildman–Crippen LogP) is 5.22. The molecule has 0 aliphatic carbocycles. The fourth-order valence-electron chi connectivity index (χ4n) is 3.66. The Balaban J connectivity index is 1.44. The standard InChI is InChI=1S/C24H16BrClN4O6/c1-13-28-19-4-3-16(25)9-17(19)24(31)29(13)27-10-15-6-18(26)23(20(7-15)30(32)33)34-11-14-2-5-21-22(8-14)36-12-35-21/h2-10H,11-12H2,1H3. The first-order chi connectivity index (χ1) is 17.3.